The van der Waals surface area contributed by atoms with E-state index in [4.69, 9.17) is 15.2 Å². The molecule has 0 atom stereocenters. The number of benzene rings is 3. The molecule has 10 heteroatoms. The molecule has 0 aromatic heterocycles. The Balaban J connectivity index is 1.80. The third-order valence-corrected chi connectivity index (χ3v) is 6.23. The van der Waals surface area contributed by atoms with Crippen molar-refractivity contribution >= 4 is 33.2 Å². The van der Waals surface area contributed by atoms with E-state index >= 15 is 0 Å². The molecule has 0 bridgehead atoms. The molecule has 0 aliphatic rings. The monoisotopic (exact) mass is 483 g/mol. The van der Waals surface area contributed by atoms with E-state index in [1.807, 2.05) is 0 Å². The lowest BCUT2D eigenvalue weighted by molar-refractivity contribution is -0.118. The molecule has 4 N–H and O–H groups in total. The third-order valence-electron chi connectivity index (χ3n) is 4.85. The zero-order chi connectivity index (χ0) is 24.7. The molecule has 9 nitrogen and oxygen atoms in total. The van der Waals surface area contributed by atoms with Gasteiger partial charge in [-0.3, -0.25) is 14.3 Å². The zero-order valence-electron chi connectivity index (χ0n) is 18.7. The van der Waals surface area contributed by atoms with Crippen molar-refractivity contribution in [3.8, 4) is 11.5 Å². The van der Waals surface area contributed by atoms with E-state index in [0.717, 1.165) is 0 Å². The first kappa shape index (κ1) is 24.6. The molecule has 3 aromatic rings. The number of methoxy groups -OCH3 is 1. The highest BCUT2D eigenvalue weighted by Gasteiger charge is 2.19. The molecule has 0 saturated carbocycles. The molecule has 0 unspecified atom stereocenters. The van der Waals surface area contributed by atoms with Crippen molar-refractivity contribution in [1.29, 1.82) is 0 Å². The summed E-state index contributed by atoms with van der Waals surface area (Å²) in [6, 6.07) is 17.4. The van der Waals surface area contributed by atoms with Crippen LogP contribution in [0.4, 0.5) is 11.4 Å². The summed E-state index contributed by atoms with van der Waals surface area (Å²) >= 11 is 0. The molecular weight excluding hydrogens is 458 g/mol. The van der Waals surface area contributed by atoms with Gasteiger partial charge in [0, 0.05) is 11.3 Å². The lowest BCUT2D eigenvalue weighted by atomic mass is 10.1. The normalized spacial score (nSPS) is 10.9. The standard InChI is InChI=1S/C24H25N3O6S/c1-16-7-12-19(34(30,31)27-17-8-10-18(32-2)11-9-17)15-20(16)24(29)26-21-5-3-4-6-22(21)33-14-13-23(25)28/h3-12,15,27H,13-14H2,1-2H3,(H2,25,28)(H,26,29). The van der Waals surface area contributed by atoms with Gasteiger partial charge in [-0.05, 0) is 61.0 Å². The highest BCUT2D eigenvalue weighted by atomic mass is 32.2. The van der Waals surface area contributed by atoms with Gasteiger partial charge in [0.05, 0.1) is 30.7 Å². The van der Waals surface area contributed by atoms with E-state index in [-0.39, 0.29) is 23.5 Å². The van der Waals surface area contributed by atoms with Gasteiger partial charge in [0.15, 0.2) is 0 Å². The third kappa shape index (κ3) is 6.26. The number of rotatable bonds is 10. The molecule has 0 saturated heterocycles. The smallest absolute Gasteiger partial charge is 0.261 e. The van der Waals surface area contributed by atoms with Crippen molar-refractivity contribution in [2.24, 2.45) is 5.73 Å². The summed E-state index contributed by atoms with van der Waals surface area (Å²) < 4.78 is 38.9. The van der Waals surface area contributed by atoms with Crippen molar-refractivity contribution in [1.82, 2.24) is 0 Å². The minimum Gasteiger partial charge on any atom is -0.497 e. The number of hydrogen-bond donors (Lipinski definition) is 3. The molecule has 0 spiro atoms. The predicted octanol–water partition coefficient (Wildman–Crippen LogP) is 3.31. The number of carbonyl (C=O) groups is 2. The van der Waals surface area contributed by atoms with E-state index in [0.29, 0.717) is 28.4 Å². The number of nitrogens with one attached hydrogen (secondary N) is 2. The number of aryl methyl sites for hydroxylation is 1. The Kier molecular flexibility index (Phi) is 7.75. The number of ether oxygens (including phenoxy) is 2. The number of amides is 2. The Morgan fingerprint density at radius 2 is 1.71 bits per heavy atom. The van der Waals surface area contributed by atoms with Gasteiger partial charge in [0.1, 0.15) is 11.5 Å². The first-order valence-electron chi connectivity index (χ1n) is 10.3. The van der Waals surface area contributed by atoms with Gasteiger partial charge in [-0.2, -0.15) is 0 Å². The second-order valence-electron chi connectivity index (χ2n) is 7.33. The quantitative estimate of drug-likeness (QED) is 0.405. The summed E-state index contributed by atoms with van der Waals surface area (Å²) in [5.74, 6) is -0.0563. The van der Waals surface area contributed by atoms with Crippen molar-refractivity contribution in [2.45, 2.75) is 18.2 Å². The number of sulfonamides is 1. The number of para-hydroxylation sites is 2. The zero-order valence-corrected chi connectivity index (χ0v) is 19.5. The lowest BCUT2D eigenvalue weighted by Gasteiger charge is -2.14. The molecule has 2 amide bonds. The number of hydrogen-bond acceptors (Lipinski definition) is 6. The van der Waals surface area contributed by atoms with Crippen molar-refractivity contribution < 1.29 is 27.5 Å². The van der Waals surface area contributed by atoms with Crippen molar-refractivity contribution in [3.05, 3.63) is 77.9 Å². The minimum atomic E-state index is -3.95. The van der Waals surface area contributed by atoms with Gasteiger partial charge in [-0.15, -0.1) is 0 Å². The Hall–Kier alpha value is -4.05. The van der Waals surface area contributed by atoms with E-state index in [1.165, 1.54) is 19.2 Å². The van der Waals surface area contributed by atoms with Crippen LogP contribution in [0.25, 0.3) is 0 Å². The van der Waals surface area contributed by atoms with Crippen LogP contribution in [-0.4, -0.2) is 33.9 Å². The Bertz CT molecular complexity index is 1290. The molecule has 178 valence electrons. The van der Waals surface area contributed by atoms with Gasteiger partial charge >= 0.3 is 0 Å². The van der Waals surface area contributed by atoms with Crippen molar-refractivity contribution in [3.63, 3.8) is 0 Å². The number of primary amides is 1. The predicted molar refractivity (Wildman–Crippen MR) is 129 cm³/mol. The average Bonchev–Trinajstić information content (AvgIpc) is 2.80. The van der Waals surface area contributed by atoms with E-state index < -0.39 is 21.8 Å². The summed E-state index contributed by atoms with van der Waals surface area (Å²) in [7, 11) is -2.43. The van der Waals surface area contributed by atoms with E-state index in [9.17, 15) is 18.0 Å². The Labute approximate surface area is 197 Å². The maximum absolute atomic E-state index is 13.0. The molecular formula is C24H25N3O6S. The summed E-state index contributed by atoms with van der Waals surface area (Å²) in [5, 5.41) is 2.74. The summed E-state index contributed by atoms with van der Waals surface area (Å²) in [6.07, 6.45) is 0.0302. The van der Waals surface area contributed by atoms with E-state index in [1.54, 1.807) is 61.5 Å². The second-order valence-corrected chi connectivity index (χ2v) is 9.01. The maximum atomic E-state index is 13.0. The Morgan fingerprint density at radius 1 is 1.00 bits per heavy atom. The molecule has 0 aliphatic heterocycles. The molecule has 0 radical (unpaired) electrons. The van der Waals surface area contributed by atoms with Crippen LogP contribution in [0.2, 0.25) is 0 Å². The summed E-state index contributed by atoms with van der Waals surface area (Å²) in [6.45, 7) is 1.77. The highest BCUT2D eigenvalue weighted by Crippen LogP contribution is 2.26. The van der Waals surface area contributed by atoms with Crippen LogP contribution in [0, 0.1) is 6.92 Å². The number of anilines is 2. The lowest BCUT2D eigenvalue weighted by Crippen LogP contribution is -2.18. The SMILES string of the molecule is COc1ccc(NS(=O)(=O)c2ccc(C)c(C(=O)Nc3ccccc3OCCC(N)=O)c2)cc1. The summed E-state index contributed by atoms with van der Waals surface area (Å²) in [5.41, 5.74) is 6.64. The van der Waals surface area contributed by atoms with Crippen LogP contribution < -0.4 is 25.2 Å². The molecule has 34 heavy (non-hydrogen) atoms. The fraction of sp³-hybridized carbons (Fsp3) is 0.167. The van der Waals surface area contributed by atoms with Gasteiger partial charge in [0.25, 0.3) is 15.9 Å². The van der Waals surface area contributed by atoms with E-state index in [2.05, 4.69) is 10.0 Å². The number of nitrogens with two attached hydrogens (primary N) is 1. The molecule has 3 rings (SSSR count). The van der Waals surface area contributed by atoms with Crippen molar-refractivity contribution in [2.75, 3.05) is 23.8 Å². The largest absolute Gasteiger partial charge is 0.497 e. The van der Waals surface area contributed by atoms with Crippen LogP contribution in [0.3, 0.4) is 0 Å². The highest BCUT2D eigenvalue weighted by molar-refractivity contribution is 7.92. The van der Waals surface area contributed by atoms with Gasteiger partial charge in [-0.25, -0.2) is 8.42 Å². The second kappa shape index (κ2) is 10.7. The number of carbonyl (C=O) groups excluding carboxylic acids is 2. The summed E-state index contributed by atoms with van der Waals surface area (Å²) in [4.78, 5) is 23.9. The Morgan fingerprint density at radius 3 is 2.38 bits per heavy atom. The molecule has 0 fully saturated rings. The van der Waals surface area contributed by atoms with Gasteiger partial charge < -0.3 is 20.5 Å². The molecule has 3 aromatic carbocycles. The first-order chi connectivity index (χ1) is 16.2. The van der Waals surface area contributed by atoms with Crippen LogP contribution in [0.1, 0.15) is 22.3 Å². The van der Waals surface area contributed by atoms with Gasteiger partial charge in [0.2, 0.25) is 5.91 Å². The average molecular weight is 484 g/mol. The fourth-order valence-electron chi connectivity index (χ4n) is 3.03. The topological polar surface area (TPSA) is 137 Å². The molecule has 0 aliphatic carbocycles. The van der Waals surface area contributed by atoms with Gasteiger partial charge in [-0.1, -0.05) is 18.2 Å². The van der Waals surface area contributed by atoms with Crippen LogP contribution in [0.15, 0.2) is 71.6 Å². The van der Waals surface area contributed by atoms with Crippen LogP contribution in [-0.2, 0) is 14.8 Å². The minimum absolute atomic E-state index is 0.0302. The first-order valence-corrected chi connectivity index (χ1v) is 11.8. The maximum Gasteiger partial charge on any atom is 0.261 e. The molecule has 0 heterocycles. The fourth-order valence-corrected chi connectivity index (χ4v) is 4.12. The van der Waals surface area contributed by atoms with Crippen LogP contribution in [0.5, 0.6) is 11.5 Å². The van der Waals surface area contributed by atoms with Crippen LogP contribution >= 0.6 is 0 Å².